The minimum Gasteiger partial charge on any atom is -0.356 e. The minimum absolute atomic E-state index is 0.110. The van der Waals surface area contributed by atoms with E-state index < -0.39 is 0 Å². The Morgan fingerprint density at radius 2 is 2.07 bits per heavy atom. The first-order valence-electron chi connectivity index (χ1n) is 5.02. The molecule has 15 heavy (non-hydrogen) atoms. The lowest BCUT2D eigenvalue weighted by molar-refractivity contribution is 0.421. The topological polar surface area (TPSA) is 52.0 Å². The van der Waals surface area contributed by atoms with E-state index >= 15 is 0 Å². The van der Waals surface area contributed by atoms with Gasteiger partial charge in [-0.15, -0.1) is 0 Å². The number of rotatable bonds is 3. The molecule has 78 valence electrons. The summed E-state index contributed by atoms with van der Waals surface area (Å²) >= 11 is 0. The van der Waals surface area contributed by atoms with Gasteiger partial charge in [-0.2, -0.15) is 0 Å². The third-order valence-electron chi connectivity index (χ3n) is 2.15. The van der Waals surface area contributed by atoms with Crippen LogP contribution in [0, 0.1) is 0 Å². The largest absolute Gasteiger partial charge is 0.356 e. The Morgan fingerprint density at radius 1 is 1.33 bits per heavy atom. The predicted molar refractivity (Wildman–Crippen MR) is 59.3 cm³/mol. The maximum absolute atomic E-state index is 5.69. The first kappa shape index (κ1) is 9.93. The molecule has 1 unspecified atom stereocenters. The Morgan fingerprint density at radius 3 is 2.73 bits per heavy atom. The van der Waals surface area contributed by atoms with Crippen molar-refractivity contribution < 1.29 is 4.52 Å². The van der Waals surface area contributed by atoms with Gasteiger partial charge >= 0.3 is 0 Å². The van der Waals surface area contributed by atoms with Gasteiger partial charge in [0.1, 0.15) is 0 Å². The molecule has 0 fully saturated rings. The second-order valence-electron chi connectivity index (χ2n) is 3.73. The molecule has 2 aromatic rings. The molecule has 0 saturated heterocycles. The lowest BCUT2D eigenvalue weighted by Crippen LogP contribution is -2.17. The Bertz CT molecular complexity index is 420. The fourth-order valence-electron chi connectivity index (χ4n) is 1.48. The number of hydrogen-bond acceptors (Lipinski definition) is 3. The Labute approximate surface area is 88.9 Å². The van der Waals surface area contributed by atoms with Gasteiger partial charge in [-0.25, -0.2) is 0 Å². The zero-order valence-electron chi connectivity index (χ0n) is 8.68. The molecule has 0 radical (unpaired) electrons. The molecule has 0 spiro atoms. The van der Waals surface area contributed by atoms with Crippen LogP contribution in [0.2, 0.25) is 0 Å². The molecule has 0 amide bonds. The third-order valence-corrected chi connectivity index (χ3v) is 2.15. The standard InChI is InChI=1S/C12H14N2O/c1-9(13)7-11-8-12(15-14-11)10-5-3-2-4-6-10/h2-6,8-9H,7,13H2,1H3. The van der Waals surface area contributed by atoms with Gasteiger partial charge in [0.25, 0.3) is 0 Å². The van der Waals surface area contributed by atoms with E-state index in [4.69, 9.17) is 10.3 Å². The van der Waals surface area contributed by atoms with Crippen LogP contribution < -0.4 is 5.73 Å². The fourth-order valence-corrected chi connectivity index (χ4v) is 1.48. The number of hydrogen-bond donors (Lipinski definition) is 1. The quantitative estimate of drug-likeness (QED) is 0.830. The van der Waals surface area contributed by atoms with Crippen LogP contribution in [0.15, 0.2) is 40.9 Å². The average Bonchev–Trinajstić information content (AvgIpc) is 2.67. The summed E-state index contributed by atoms with van der Waals surface area (Å²) < 4.78 is 5.25. The highest BCUT2D eigenvalue weighted by Crippen LogP contribution is 2.19. The van der Waals surface area contributed by atoms with Gasteiger partial charge in [0.2, 0.25) is 0 Å². The Balaban J connectivity index is 2.21. The molecule has 0 aliphatic carbocycles. The van der Waals surface area contributed by atoms with Crippen molar-refractivity contribution in [2.45, 2.75) is 19.4 Å². The maximum atomic E-state index is 5.69. The zero-order chi connectivity index (χ0) is 10.7. The van der Waals surface area contributed by atoms with Crippen molar-refractivity contribution >= 4 is 0 Å². The normalized spacial score (nSPS) is 12.7. The van der Waals surface area contributed by atoms with Crippen molar-refractivity contribution in [3.05, 3.63) is 42.1 Å². The summed E-state index contributed by atoms with van der Waals surface area (Å²) in [6.07, 6.45) is 0.746. The lowest BCUT2D eigenvalue weighted by atomic mass is 10.1. The fraction of sp³-hybridized carbons (Fsp3) is 0.250. The van der Waals surface area contributed by atoms with E-state index in [0.717, 1.165) is 23.4 Å². The molecular weight excluding hydrogens is 188 g/mol. The molecule has 1 aromatic carbocycles. The summed E-state index contributed by atoms with van der Waals surface area (Å²) in [5.41, 5.74) is 7.64. The molecule has 0 bridgehead atoms. The molecule has 1 atom stereocenters. The van der Waals surface area contributed by atoms with Crippen molar-refractivity contribution in [1.82, 2.24) is 5.16 Å². The molecule has 1 aromatic heterocycles. The van der Waals surface area contributed by atoms with Gasteiger partial charge in [0.15, 0.2) is 5.76 Å². The highest BCUT2D eigenvalue weighted by atomic mass is 16.5. The molecule has 0 aliphatic heterocycles. The molecule has 0 saturated carbocycles. The van der Waals surface area contributed by atoms with Crippen LogP contribution in [-0.4, -0.2) is 11.2 Å². The number of nitrogens with two attached hydrogens (primary N) is 1. The van der Waals surface area contributed by atoms with Gasteiger partial charge in [-0.1, -0.05) is 35.5 Å². The van der Waals surface area contributed by atoms with E-state index in [1.807, 2.05) is 43.3 Å². The summed E-state index contributed by atoms with van der Waals surface area (Å²) in [6, 6.07) is 12.0. The van der Waals surface area contributed by atoms with Crippen LogP contribution >= 0.6 is 0 Å². The van der Waals surface area contributed by atoms with Crippen LogP contribution in [0.5, 0.6) is 0 Å². The van der Waals surface area contributed by atoms with Crippen molar-refractivity contribution in [2.24, 2.45) is 5.73 Å². The summed E-state index contributed by atoms with van der Waals surface area (Å²) in [5.74, 6) is 0.797. The average molecular weight is 202 g/mol. The summed E-state index contributed by atoms with van der Waals surface area (Å²) in [6.45, 7) is 1.96. The smallest absolute Gasteiger partial charge is 0.167 e. The van der Waals surface area contributed by atoms with Gasteiger partial charge in [0, 0.05) is 24.1 Å². The van der Waals surface area contributed by atoms with Gasteiger partial charge in [0.05, 0.1) is 5.69 Å². The maximum Gasteiger partial charge on any atom is 0.167 e. The highest BCUT2D eigenvalue weighted by Gasteiger charge is 2.07. The van der Waals surface area contributed by atoms with Crippen LogP contribution in [0.3, 0.4) is 0 Å². The van der Waals surface area contributed by atoms with Gasteiger partial charge < -0.3 is 10.3 Å². The van der Waals surface area contributed by atoms with Crippen LogP contribution in [0.25, 0.3) is 11.3 Å². The monoisotopic (exact) mass is 202 g/mol. The second-order valence-corrected chi connectivity index (χ2v) is 3.73. The zero-order valence-corrected chi connectivity index (χ0v) is 8.68. The number of benzene rings is 1. The SMILES string of the molecule is CC(N)Cc1cc(-c2ccccc2)on1. The van der Waals surface area contributed by atoms with Crippen molar-refractivity contribution in [1.29, 1.82) is 0 Å². The molecular formula is C12H14N2O. The van der Waals surface area contributed by atoms with E-state index in [-0.39, 0.29) is 6.04 Å². The molecule has 3 heteroatoms. The van der Waals surface area contributed by atoms with Crippen molar-refractivity contribution in [2.75, 3.05) is 0 Å². The highest BCUT2D eigenvalue weighted by molar-refractivity contribution is 5.56. The molecule has 0 aliphatic rings. The summed E-state index contributed by atoms with van der Waals surface area (Å²) in [4.78, 5) is 0. The second kappa shape index (κ2) is 4.28. The first-order chi connectivity index (χ1) is 7.25. The van der Waals surface area contributed by atoms with E-state index in [9.17, 15) is 0 Å². The predicted octanol–water partition coefficient (Wildman–Crippen LogP) is 2.23. The number of aromatic nitrogens is 1. The van der Waals surface area contributed by atoms with E-state index in [1.165, 1.54) is 0 Å². The summed E-state index contributed by atoms with van der Waals surface area (Å²) in [5, 5.41) is 3.98. The van der Waals surface area contributed by atoms with E-state index in [2.05, 4.69) is 5.16 Å². The van der Waals surface area contributed by atoms with Gasteiger partial charge in [-0.3, -0.25) is 0 Å². The Kier molecular flexibility index (Phi) is 2.83. The van der Waals surface area contributed by atoms with E-state index in [1.54, 1.807) is 0 Å². The van der Waals surface area contributed by atoms with Crippen molar-refractivity contribution in [3.8, 4) is 11.3 Å². The third kappa shape index (κ3) is 2.44. The molecule has 2 N–H and O–H groups in total. The molecule has 2 rings (SSSR count). The Hall–Kier alpha value is -1.61. The van der Waals surface area contributed by atoms with Crippen LogP contribution in [0.4, 0.5) is 0 Å². The lowest BCUT2D eigenvalue weighted by Gasteiger charge is -1.97. The molecule has 1 heterocycles. The van der Waals surface area contributed by atoms with Crippen molar-refractivity contribution in [3.63, 3.8) is 0 Å². The molecule has 3 nitrogen and oxygen atoms in total. The van der Waals surface area contributed by atoms with E-state index in [0.29, 0.717) is 0 Å². The van der Waals surface area contributed by atoms with Gasteiger partial charge in [-0.05, 0) is 6.92 Å². The summed E-state index contributed by atoms with van der Waals surface area (Å²) in [7, 11) is 0. The van der Waals surface area contributed by atoms with Crippen LogP contribution in [0.1, 0.15) is 12.6 Å². The minimum atomic E-state index is 0.110. The first-order valence-corrected chi connectivity index (χ1v) is 5.02. The van der Waals surface area contributed by atoms with Crippen LogP contribution in [-0.2, 0) is 6.42 Å². The number of nitrogens with zero attached hydrogens (tertiary/aromatic N) is 1.